The van der Waals surface area contributed by atoms with Gasteiger partial charge in [0.1, 0.15) is 5.60 Å². The second kappa shape index (κ2) is 8.70. The largest absolute Gasteiger partial charge is 0.444 e. The van der Waals surface area contributed by atoms with Gasteiger partial charge >= 0.3 is 6.09 Å². The van der Waals surface area contributed by atoms with Gasteiger partial charge in [-0.1, -0.05) is 6.07 Å². The summed E-state index contributed by atoms with van der Waals surface area (Å²) >= 11 is 0. The molecule has 2 fully saturated rings. The van der Waals surface area contributed by atoms with Crippen LogP contribution in [0, 0.1) is 0 Å². The fraction of sp³-hybridized carbons (Fsp3) is 0.542. The number of ether oxygens (including phenoxy) is 2. The van der Waals surface area contributed by atoms with Gasteiger partial charge in [-0.25, -0.2) is 9.31 Å². The maximum atomic E-state index is 12.3. The number of fused-ring (bicyclic) bond motifs is 1. The van der Waals surface area contributed by atoms with E-state index in [1.807, 2.05) is 37.7 Å². The van der Waals surface area contributed by atoms with E-state index < -0.39 is 5.60 Å². The molecule has 9 heteroatoms. The summed E-state index contributed by atoms with van der Waals surface area (Å²) in [5.41, 5.74) is 3.84. The van der Waals surface area contributed by atoms with Crippen molar-refractivity contribution in [2.75, 3.05) is 44.3 Å². The molecule has 2 aliphatic heterocycles. The maximum absolute atomic E-state index is 12.3. The first kappa shape index (κ1) is 21.8. The Morgan fingerprint density at radius 3 is 2.48 bits per heavy atom. The van der Waals surface area contributed by atoms with Gasteiger partial charge in [-0.3, -0.25) is 4.68 Å². The number of hydrogen-bond acceptors (Lipinski definition) is 6. The molecule has 1 amide bonds. The Bertz CT molecular complexity index is 1120. The van der Waals surface area contributed by atoms with Crippen LogP contribution in [-0.2, 0) is 9.47 Å². The number of aromatic nitrogens is 4. The minimum absolute atomic E-state index is 0.243. The third-order valence-corrected chi connectivity index (χ3v) is 6.27. The molecule has 2 aliphatic rings. The van der Waals surface area contributed by atoms with Crippen LogP contribution >= 0.6 is 0 Å². The summed E-state index contributed by atoms with van der Waals surface area (Å²) in [4.78, 5) is 16.4. The van der Waals surface area contributed by atoms with Crippen molar-refractivity contribution in [3.8, 4) is 11.1 Å². The zero-order chi connectivity index (χ0) is 23.0. The van der Waals surface area contributed by atoms with Crippen molar-refractivity contribution < 1.29 is 14.3 Å². The second-order valence-corrected chi connectivity index (χ2v) is 9.78. The summed E-state index contributed by atoms with van der Waals surface area (Å²) in [6, 6.07) is 4.65. The minimum Gasteiger partial charge on any atom is -0.444 e. The lowest BCUT2D eigenvalue weighted by Gasteiger charge is -2.36. The van der Waals surface area contributed by atoms with Gasteiger partial charge < -0.3 is 19.3 Å². The number of carbonyl (C=O) groups is 1. The van der Waals surface area contributed by atoms with E-state index in [1.54, 1.807) is 4.90 Å². The van der Waals surface area contributed by atoms with Crippen LogP contribution in [0.4, 0.5) is 10.5 Å². The highest BCUT2D eigenvalue weighted by Crippen LogP contribution is 2.28. The lowest BCUT2D eigenvalue weighted by atomic mass is 10.1. The second-order valence-electron chi connectivity index (χ2n) is 9.78. The standard InChI is InChI=1S/C24H32N6O3/c1-24(2,3)33-23(31)28-10-8-27(9-11-28)22-15-26-30-16-18(4-5-21(22)30)19-14-25-29(17-19)20-6-12-32-13-7-20/h4-5,14-17,20H,6-13H2,1-3H3. The molecule has 2 saturated heterocycles. The van der Waals surface area contributed by atoms with Gasteiger partial charge in [-0.05, 0) is 39.7 Å². The van der Waals surface area contributed by atoms with Gasteiger partial charge in [0.25, 0.3) is 0 Å². The zero-order valence-electron chi connectivity index (χ0n) is 19.6. The molecule has 5 rings (SSSR count). The average Bonchev–Trinajstić information content (AvgIpc) is 3.46. The average molecular weight is 453 g/mol. The summed E-state index contributed by atoms with van der Waals surface area (Å²) in [5.74, 6) is 0. The van der Waals surface area contributed by atoms with E-state index in [1.165, 1.54) is 0 Å². The molecule has 0 aromatic carbocycles. The monoisotopic (exact) mass is 452 g/mol. The van der Waals surface area contributed by atoms with Crippen LogP contribution in [0.15, 0.2) is 36.9 Å². The number of hydrogen-bond donors (Lipinski definition) is 0. The van der Waals surface area contributed by atoms with Crippen LogP contribution in [0.25, 0.3) is 16.6 Å². The Morgan fingerprint density at radius 2 is 1.76 bits per heavy atom. The summed E-state index contributed by atoms with van der Waals surface area (Å²) in [7, 11) is 0. The van der Waals surface area contributed by atoms with Gasteiger partial charge in [-0.15, -0.1) is 0 Å². The first-order chi connectivity index (χ1) is 15.9. The predicted octanol–water partition coefficient (Wildman–Crippen LogP) is 3.61. The molecule has 0 N–H and O–H groups in total. The molecule has 0 spiro atoms. The Balaban J connectivity index is 1.27. The van der Waals surface area contributed by atoms with E-state index in [4.69, 9.17) is 9.47 Å². The van der Waals surface area contributed by atoms with E-state index in [0.29, 0.717) is 19.1 Å². The Kier molecular flexibility index (Phi) is 5.74. The molecule has 9 nitrogen and oxygen atoms in total. The number of nitrogens with zero attached hydrogens (tertiary/aromatic N) is 6. The van der Waals surface area contributed by atoms with Gasteiger partial charge in [0, 0.05) is 62.9 Å². The smallest absolute Gasteiger partial charge is 0.410 e. The molecule has 0 aliphatic carbocycles. The number of pyridine rings is 1. The fourth-order valence-electron chi connectivity index (χ4n) is 4.48. The SMILES string of the molecule is CC(C)(C)OC(=O)N1CCN(c2cnn3cc(-c4cnn(C5CCOCC5)c4)ccc23)CC1. The van der Waals surface area contributed by atoms with Crippen molar-refractivity contribution >= 4 is 17.3 Å². The number of amides is 1. The van der Waals surface area contributed by atoms with Gasteiger partial charge in [0.05, 0.1) is 29.6 Å². The van der Waals surface area contributed by atoms with Crippen LogP contribution in [0.3, 0.4) is 0 Å². The van der Waals surface area contributed by atoms with Crippen molar-refractivity contribution in [1.29, 1.82) is 0 Å². The fourth-order valence-corrected chi connectivity index (χ4v) is 4.48. The third kappa shape index (κ3) is 4.68. The molecule has 3 aromatic rings. The van der Waals surface area contributed by atoms with Crippen LogP contribution in [0.2, 0.25) is 0 Å². The van der Waals surface area contributed by atoms with Gasteiger partial charge in [0.2, 0.25) is 0 Å². The van der Waals surface area contributed by atoms with Crippen molar-refractivity contribution in [2.45, 2.75) is 45.3 Å². The lowest BCUT2D eigenvalue weighted by molar-refractivity contribution is 0.0240. The molecule has 0 unspecified atom stereocenters. The molecule has 0 saturated carbocycles. The molecule has 0 atom stereocenters. The highest BCUT2D eigenvalue weighted by atomic mass is 16.6. The Hall–Kier alpha value is -3.07. The topological polar surface area (TPSA) is 77.1 Å². The highest BCUT2D eigenvalue weighted by molar-refractivity contribution is 5.76. The number of anilines is 1. The normalized spacial score (nSPS) is 18.2. The zero-order valence-corrected chi connectivity index (χ0v) is 19.6. The summed E-state index contributed by atoms with van der Waals surface area (Å²) in [6.07, 6.45) is 9.78. The minimum atomic E-state index is -0.477. The van der Waals surface area contributed by atoms with Crippen molar-refractivity contribution in [2.24, 2.45) is 0 Å². The third-order valence-electron chi connectivity index (χ3n) is 6.27. The predicted molar refractivity (Wildman–Crippen MR) is 126 cm³/mol. The molecular formula is C24H32N6O3. The number of carbonyl (C=O) groups excluding carboxylic acids is 1. The van der Waals surface area contributed by atoms with Crippen molar-refractivity contribution in [3.05, 3.63) is 36.9 Å². The summed E-state index contributed by atoms with van der Waals surface area (Å²) in [5, 5.41) is 9.20. The molecule has 0 bridgehead atoms. The van der Waals surface area contributed by atoms with Crippen LogP contribution in [0.5, 0.6) is 0 Å². The highest BCUT2D eigenvalue weighted by Gasteiger charge is 2.27. The molecule has 0 radical (unpaired) electrons. The molecular weight excluding hydrogens is 420 g/mol. The van der Waals surface area contributed by atoms with Gasteiger partial charge in [0.15, 0.2) is 0 Å². The molecule has 5 heterocycles. The quantitative estimate of drug-likeness (QED) is 0.604. The summed E-state index contributed by atoms with van der Waals surface area (Å²) in [6.45, 7) is 10.0. The van der Waals surface area contributed by atoms with Crippen molar-refractivity contribution in [1.82, 2.24) is 24.3 Å². The Labute approximate surface area is 193 Å². The van der Waals surface area contributed by atoms with E-state index >= 15 is 0 Å². The van der Waals surface area contributed by atoms with E-state index in [2.05, 4.69) is 44.3 Å². The van der Waals surface area contributed by atoms with Crippen LogP contribution in [-0.4, -0.2) is 75.4 Å². The maximum Gasteiger partial charge on any atom is 0.410 e. The number of piperazine rings is 1. The lowest BCUT2D eigenvalue weighted by Crippen LogP contribution is -2.50. The molecule has 33 heavy (non-hydrogen) atoms. The summed E-state index contributed by atoms with van der Waals surface area (Å²) < 4.78 is 15.0. The van der Waals surface area contributed by atoms with E-state index in [-0.39, 0.29) is 6.09 Å². The van der Waals surface area contributed by atoms with Crippen LogP contribution < -0.4 is 4.90 Å². The van der Waals surface area contributed by atoms with E-state index in [9.17, 15) is 4.79 Å². The molecule has 3 aromatic heterocycles. The first-order valence-corrected chi connectivity index (χ1v) is 11.7. The number of rotatable bonds is 3. The van der Waals surface area contributed by atoms with Gasteiger partial charge in [-0.2, -0.15) is 10.2 Å². The molecule has 176 valence electrons. The van der Waals surface area contributed by atoms with E-state index in [0.717, 1.165) is 61.5 Å². The van der Waals surface area contributed by atoms with Crippen LogP contribution in [0.1, 0.15) is 39.7 Å². The van der Waals surface area contributed by atoms with Crippen molar-refractivity contribution in [3.63, 3.8) is 0 Å². The first-order valence-electron chi connectivity index (χ1n) is 11.7. The Morgan fingerprint density at radius 1 is 1.00 bits per heavy atom.